The first kappa shape index (κ1) is 21.0. The van der Waals surface area contributed by atoms with Gasteiger partial charge in [0.05, 0.1) is 0 Å². The maximum Gasteiger partial charge on any atom is 0.159 e. The predicted octanol–water partition coefficient (Wildman–Crippen LogP) is 7.53. The highest BCUT2D eigenvalue weighted by molar-refractivity contribution is 6.58. The summed E-state index contributed by atoms with van der Waals surface area (Å²) >= 11 is 0. The molecule has 1 saturated carbocycles. The molecule has 3 rings (SSSR count). The van der Waals surface area contributed by atoms with E-state index in [4.69, 9.17) is 0 Å². The van der Waals surface area contributed by atoms with Crippen molar-refractivity contribution in [1.82, 2.24) is 0 Å². The fourth-order valence-corrected chi connectivity index (χ4v) is 9.24. The van der Waals surface area contributed by atoms with E-state index in [1.54, 1.807) is 37.0 Å². The van der Waals surface area contributed by atoms with Crippen LogP contribution in [0, 0.1) is 29.4 Å². The molecule has 0 amide bonds. The number of benzene rings is 1. The van der Waals surface area contributed by atoms with Crippen LogP contribution in [0.4, 0.5) is 8.78 Å². The Kier molecular flexibility index (Phi) is 8.36. The number of aryl methyl sites for hydroxylation is 1. The summed E-state index contributed by atoms with van der Waals surface area (Å²) in [6, 6.07) is 9.18. The smallest absolute Gasteiger partial charge is 0.159 e. The molecular weight excluding hydrogens is 354 g/mol. The number of hydrogen-bond donors (Lipinski definition) is 0. The maximum atomic E-state index is 13.3. The van der Waals surface area contributed by atoms with Crippen molar-refractivity contribution in [2.75, 3.05) is 0 Å². The third kappa shape index (κ3) is 6.41. The standard InChI is InChI=1S/C24H38F2Si/c1-2-15-27-16-13-22(14-17-27)21-10-7-19(8-11-21)5-3-4-6-20-9-12-23(25)24(26)18-20/h9,12,18-19,21-22,27H,2-8,10-11,13-17H2,1H3. The van der Waals surface area contributed by atoms with Crippen LogP contribution in [0.25, 0.3) is 0 Å². The number of halogens is 2. The van der Waals surface area contributed by atoms with Gasteiger partial charge in [0.25, 0.3) is 0 Å². The summed E-state index contributed by atoms with van der Waals surface area (Å²) in [6.45, 7) is 2.36. The number of unbranched alkanes of at least 4 members (excludes halogenated alkanes) is 1. The van der Waals surface area contributed by atoms with Crippen LogP contribution in [-0.4, -0.2) is 8.80 Å². The quantitative estimate of drug-likeness (QED) is 0.317. The van der Waals surface area contributed by atoms with Crippen molar-refractivity contribution in [3.8, 4) is 0 Å². The lowest BCUT2D eigenvalue weighted by Gasteiger charge is -2.37. The molecule has 27 heavy (non-hydrogen) atoms. The molecule has 1 aromatic carbocycles. The van der Waals surface area contributed by atoms with Crippen molar-refractivity contribution in [3.05, 3.63) is 35.4 Å². The second-order valence-corrected chi connectivity index (χ2v) is 12.8. The van der Waals surface area contributed by atoms with Gasteiger partial charge in [-0.2, -0.15) is 0 Å². The Morgan fingerprint density at radius 3 is 2.26 bits per heavy atom. The van der Waals surface area contributed by atoms with Gasteiger partial charge in [-0.15, -0.1) is 0 Å². The van der Waals surface area contributed by atoms with Crippen LogP contribution in [0.2, 0.25) is 18.1 Å². The van der Waals surface area contributed by atoms with Gasteiger partial charge in [0.2, 0.25) is 0 Å². The molecule has 2 fully saturated rings. The molecule has 0 radical (unpaired) electrons. The van der Waals surface area contributed by atoms with Crippen LogP contribution >= 0.6 is 0 Å². The Morgan fingerprint density at radius 1 is 0.889 bits per heavy atom. The minimum atomic E-state index is -0.739. The highest BCUT2D eigenvalue weighted by Gasteiger charge is 2.30. The Balaban J connectivity index is 1.29. The first-order chi connectivity index (χ1) is 13.2. The molecule has 1 heterocycles. The van der Waals surface area contributed by atoms with Crippen molar-refractivity contribution < 1.29 is 8.78 Å². The second kappa shape index (κ2) is 10.7. The lowest BCUT2D eigenvalue weighted by atomic mass is 9.73. The van der Waals surface area contributed by atoms with Crippen LogP contribution in [0.3, 0.4) is 0 Å². The van der Waals surface area contributed by atoms with Gasteiger partial charge in [0, 0.05) is 8.80 Å². The summed E-state index contributed by atoms with van der Waals surface area (Å²) in [5.41, 5.74) is 0.930. The molecule has 0 nitrogen and oxygen atoms in total. The van der Waals surface area contributed by atoms with E-state index in [0.29, 0.717) is 0 Å². The first-order valence-electron chi connectivity index (χ1n) is 11.6. The van der Waals surface area contributed by atoms with Crippen molar-refractivity contribution in [3.63, 3.8) is 0 Å². The van der Waals surface area contributed by atoms with Crippen LogP contribution in [0.1, 0.15) is 76.7 Å². The summed E-state index contributed by atoms with van der Waals surface area (Å²) in [6.07, 6.45) is 14.9. The zero-order valence-corrected chi connectivity index (χ0v) is 18.4. The number of hydrogen-bond acceptors (Lipinski definition) is 0. The summed E-state index contributed by atoms with van der Waals surface area (Å²) in [7, 11) is -0.327. The Labute approximate surface area is 166 Å². The van der Waals surface area contributed by atoms with E-state index in [2.05, 4.69) is 6.92 Å². The maximum absolute atomic E-state index is 13.3. The minimum absolute atomic E-state index is 0.327. The Bertz CT molecular complexity index is 557. The molecule has 3 heteroatoms. The van der Waals surface area contributed by atoms with E-state index in [1.165, 1.54) is 57.1 Å². The predicted molar refractivity (Wildman–Crippen MR) is 114 cm³/mol. The van der Waals surface area contributed by atoms with E-state index < -0.39 is 11.6 Å². The van der Waals surface area contributed by atoms with Gasteiger partial charge in [-0.1, -0.05) is 76.1 Å². The monoisotopic (exact) mass is 392 g/mol. The van der Waals surface area contributed by atoms with Gasteiger partial charge in [-0.3, -0.25) is 0 Å². The zero-order valence-electron chi connectivity index (χ0n) is 17.2. The van der Waals surface area contributed by atoms with Gasteiger partial charge in [0.15, 0.2) is 11.6 Å². The molecule has 0 N–H and O–H groups in total. The fraction of sp³-hybridized carbons (Fsp3) is 0.750. The van der Waals surface area contributed by atoms with Crippen molar-refractivity contribution in [2.45, 2.75) is 95.7 Å². The summed E-state index contributed by atoms with van der Waals surface area (Å²) in [5.74, 6) is 1.55. The molecule has 0 bridgehead atoms. The van der Waals surface area contributed by atoms with E-state index in [0.717, 1.165) is 36.2 Å². The van der Waals surface area contributed by atoms with Crippen LogP contribution in [0.5, 0.6) is 0 Å². The van der Waals surface area contributed by atoms with Crippen LogP contribution in [-0.2, 0) is 6.42 Å². The van der Waals surface area contributed by atoms with E-state index in [1.807, 2.05) is 0 Å². The lowest BCUT2D eigenvalue weighted by Crippen LogP contribution is -2.28. The first-order valence-corrected chi connectivity index (χ1v) is 14.0. The SMILES string of the molecule is CCC[SiH]1CCC(C2CCC(CCCCc3ccc(F)c(F)c3)CC2)CC1. The number of rotatable bonds is 8. The lowest BCUT2D eigenvalue weighted by molar-refractivity contribution is 0.184. The van der Waals surface area contributed by atoms with Crippen molar-refractivity contribution in [1.29, 1.82) is 0 Å². The summed E-state index contributed by atoms with van der Waals surface area (Å²) in [4.78, 5) is 0. The van der Waals surface area contributed by atoms with E-state index >= 15 is 0 Å². The van der Waals surface area contributed by atoms with Crippen molar-refractivity contribution in [2.24, 2.45) is 17.8 Å². The van der Waals surface area contributed by atoms with Crippen LogP contribution in [0.15, 0.2) is 18.2 Å². The minimum Gasteiger partial charge on any atom is -0.204 e. The molecule has 1 saturated heterocycles. The molecule has 1 aromatic rings. The van der Waals surface area contributed by atoms with E-state index in [-0.39, 0.29) is 8.80 Å². The van der Waals surface area contributed by atoms with Gasteiger partial charge in [-0.05, 0) is 61.1 Å². The van der Waals surface area contributed by atoms with Crippen LogP contribution < -0.4 is 0 Å². The average molecular weight is 393 g/mol. The third-order valence-corrected chi connectivity index (χ3v) is 11.2. The van der Waals surface area contributed by atoms with Gasteiger partial charge >= 0.3 is 0 Å². The molecule has 1 aliphatic carbocycles. The topological polar surface area (TPSA) is 0 Å². The molecule has 0 atom stereocenters. The largest absolute Gasteiger partial charge is 0.204 e. The molecule has 152 valence electrons. The fourth-order valence-electron chi connectivity index (χ4n) is 5.76. The molecule has 0 aromatic heterocycles. The molecule has 0 unspecified atom stereocenters. The molecular formula is C24H38F2Si. The van der Waals surface area contributed by atoms with Crippen molar-refractivity contribution >= 4 is 8.80 Å². The molecule has 2 aliphatic rings. The Hall–Kier alpha value is -0.703. The highest BCUT2D eigenvalue weighted by Crippen LogP contribution is 2.41. The third-order valence-electron chi connectivity index (χ3n) is 7.46. The highest BCUT2D eigenvalue weighted by atomic mass is 28.3. The normalized spacial score (nSPS) is 29.0. The Morgan fingerprint density at radius 2 is 1.59 bits per heavy atom. The van der Waals surface area contributed by atoms with Gasteiger partial charge < -0.3 is 0 Å². The average Bonchev–Trinajstić information content (AvgIpc) is 2.69. The summed E-state index contributed by atoms with van der Waals surface area (Å²) in [5, 5.41) is 0. The van der Waals surface area contributed by atoms with E-state index in [9.17, 15) is 8.78 Å². The molecule has 0 spiro atoms. The summed E-state index contributed by atoms with van der Waals surface area (Å²) < 4.78 is 26.2. The van der Waals surface area contributed by atoms with Gasteiger partial charge in [-0.25, -0.2) is 8.78 Å². The van der Waals surface area contributed by atoms with Gasteiger partial charge in [0.1, 0.15) is 0 Å². The second-order valence-electron chi connectivity index (χ2n) is 9.34. The molecule has 1 aliphatic heterocycles. The zero-order chi connectivity index (χ0) is 19.1.